The number of methoxy groups -OCH3 is 1. The van der Waals surface area contributed by atoms with Crippen LogP contribution < -0.4 is 16.0 Å². The first-order chi connectivity index (χ1) is 10.7. The largest absolute Gasteiger partial charge is 0.383 e. The van der Waals surface area contributed by atoms with Gasteiger partial charge in [-0.05, 0) is 31.2 Å². The zero-order valence-corrected chi connectivity index (χ0v) is 14.6. The van der Waals surface area contributed by atoms with Crippen molar-refractivity contribution in [3.8, 4) is 0 Å². The number of carbonyl (C=O) groups excluding carboxylic acids is 1. The maximum atomic E-state index is 11.9. The van der Waals surface area contributed by atoms with Gasteiger partial charge >= 0.3 is 0 Å². The Morgan fingerprint density at radius 1 is 1.18 bits per heavy atom. The van der Waals surface area contributed by atoms with E-state index >= 15 is 0 Å². The van der Waals surface area contributed by atoms with E-state index in [0.717, 1.165) is 17.0 Å². The van der Waals surface area contributed by atoms with Crippen LogP contribution in [0.1, 0.15) is 17.3 Å². The third-order valence-electron chi connectivity index (χ3n) is 2.72. The van der Waals surface area contributed by atoms with E-state index in [0.29, 0.717) is 31.8 Å². The van der Waals surface area contributed by atoms with Gasteiger partial charge in [-0.1, -0.05) is 15.9 Å². The third kappa shape index (κ3) is 7.42. The highest BCUT2D eigenvalue weighted by Crippen LogP contribution is 2.10. The molecule has 0 aliphatic heterocycles. The number of nitrogens with one attached hydrogen (secondary N) is 3. The Morgan fingerprint density at radius 3 is 2.50 bits per heavy atom. The number of halogens is 1. The molecule has 122 valence electrons. The zero-order chi connectivity index (χ0) is 16.2. The molecule has 0 aliphatic carbocycles. The molecule has 0 spiro atoms. The fraction of sp³-hybridized carbons (Fsp3) is 0.467. The van der Waals surface area contributed by atoms with Crippen LogP contribution in [0.4, 0.5) is 0 Å². The normalized spacial score (nSPS) is 11.1. The molecule has 0 atom stereocenters. The average Bonchev–Trinajstić information content (AvgIpc) is 2.52. The molecule has 0 unspecified atom stereocenters. The van der Waals surface area contributed by atoms with Crippen molar-refractivity contribution in [3.05, 3.63) is 34.3 Å². The number of benzene rings is 1. The molecule has 1 aromatic rings. The lowest BCUT2D eigenvalue weighted by Gasteiger charge is -2.11. The van der Waals surface area contributed by atoms with E-state index in [-0.39, 0.29) is 5.91 Å². The highest BCUT2D eigenvalue weighted by molar-refractivity contribution is 9.10. The first-order valence-corrected chi connectivity index (χ1v) is 8.01. The van der Waals surface area contributed by atoms with Gasteiger partial charge in [0.25, 0.3) is 5.91 Å². The number of aliphatic imine (C=N–C) groups is 1. The molecule has 0 saturated heterocycles. The van der Waals surface area contributed by atoms with E-state index in [1.165, 1.54) is 0 Å². The SMILES string of the molecule is CCNC(=NCCOC)NCCNC(=O)c1ccc(Br)cc1. The quantitative estimate of drug-likeness (QED) is 0.367. The van der Waals surface area contributed by atoms with Gasteiger partial charge in [-0.15, -0.1) is 0 Å². The van der Waals surface area contributed by atoms with Crippen LogP contribution in [0.15, 0.2) is 33.7 Å². The third-order valence-corrected chi connectivity index (χ3v) is 3.25. The molecule has 22 heavy (non-hydrogen) atoms. The van der Waals surface area contributed by atoms with E-state index in [9.17, 15) is 4.79 Å². The lowest BCUT2D eigenvalue weighted by Crippen LogP contribution is -2.41. The van der Waals surface area contributed by atoms with Crippen molar-refractivity contribution in [1.82, 2.24) is 16.0 Å². The molecule has 0 heterocycles. The second-order valence-corrected chi connectivity index (χ2v) is 5.36. The molecule has 6 nitrogen and oxygen atoms in total. The summed E-state index contributed by atoms with van der Waals surface area (Å²) in [5, 5.41) is 9.15. The standard InChI is InChI=1S/C15H23BrN4O2/c1-3-17-15(20-10-11-22-2)19-9-8-18-14(21)12-4-6-13(16)7-5-12/h4-7H,3,8-11H2,1-2H3,(H,18,21)(H2,17,19,20). The van der Waals surface area contributed by atoms with E-state index < -0.39 is 0 Å². The minimum Gasteiger partial charge on any atom is -0.383 e. The summed E-state index contributed by atoms with van der Waals surface area (Å²) in [5.41, 5.74) is 0.642. The second-order valence-electron chi connectivity index (χ2n) is 4.44. The molecule has 0 saturated carbocycles. The number of carbonyl (C=O) groups is 1. The van der Waals surface area contributed by atoms with Crippen LogP contribution in [-0.4, -0.2) is 51.8 Å². The summed E-state index contributed by atoms with van der Waals surface area (Å²) in [4.78, 5) is 16.3. The Kier molecular flexibility index (Phi) is 9.25. The van der Waals surface area contributed by atoms with Crippen molar-refractivity contribution < 1.29 is 9.53 Å². The summed E-state index contributed by atoms with van der Waals surface area (Å²) in [6.07, 6.45) is 0. The van der Waals surface area contributed by atoms with Crippen LogP contribution in [0, 0.1) is 0 Å². The van der Waals surface area contributed by atoms with Gasteiger partial charge in [-0.25, -0.2) is 0 Å². The summed E-state index contributed by atoms with van der Waals surface area (Å²) in [5.74, 6) is 0.632. The minimum absolute atomic E-state index is 0.0874. The average molecular weight is 371 g/mol. The van der Waals surface area contributed by atoms with Crippen molar-refractivity contribution in [2.24, 2.45) is 4.99 Å². The predicted octanol–water partition coefficient (Wildman–Crippen LogP) is 1.38. The van der Waals surface area contributed by atoms with Crippen LogP contribution in [0.5, 0.6) is 0 Å². The first kappa shape index (κ1) is 18.4. The van der Waals surface area contributed by atoms with Gasteiger partial charge in [0.05, 0.1) is 13.2 Å². The monoisotopic (exact) mass is 370 g/mol. The summed E-state index contributed by atoms with van der Waals surface area (Å²) in [7, 11) is 1.65. The van der Waals surface area contributed by atoms with E-state index in [2.05, 4.69) is 36.9 Å². The van der Waals surface area contributed by atoms with Crippen LogP contribution >= 0.6 is 15.9 Å². The van der Waals surface area contributed by atoms with E-state index in [1.54, 1.807) is 19.2 Å². The van der Waals surface area contributed by atoms with E-state index in [4.69, 9.17) is 4.74 Å². The fourth-order valence-electron chi connectivity index (χ4n) is 1.65. The number of guanidine groups is 1. The van der Waals surface area contributed by atoms with Crippen molar-refractivity contribution >= 4 is 27.8 Å². The van der Waals surface area contributed by atoms with Crippen LogP contribution in [-0.2, 0) is 4.74 Å². The molecule has 1 amide bonds. The lowest BCUT2D eigenvalue weighted by atomic mass is 10.2. The maximum Gasteiger partial charge on any atom is 0.251 e. The van der Waals surface area contributed by atoms with Crippen LogP contribution in [0.3, 0.4) is 0 Å². The highest BCUT2D eigenvalue weighted by Gasteiger charge is 2.04. The number of hydrogen-bond acceptors (Lipinski definition) is 3. The molecule has 7 heteroatoms. The molecule has 1 rings (SSSR count). The Morgan fingerprint density at radius 2 is 1.86 bits per heavy atom. The van der Waals surface area contributed by atoms with Gasteiger partial charge in [0, 0.05) is 36.8 Å². The Bertz CT molecular complexity index is 477. The van der Waals surface area contributed by atoms with Crippen molar-refractivity contribution in [3.63, 3.8) is 0 Å². The van der Waals surface area contributed by atoms with E-state index in [1.807, 2.05) is 19.1 Å². The first-order valence-electron chi connectivity index (χ1n) is 7.22. The second kappa shape index (κ2) is 11.0. The van der Waals surface area contributed by atoms with Crippen molar-refractivity contribution in [1.29, 1.82) is 0 Å². The number of hydrogen-bond donors (Lipinski definition) is 3. The minimum atomic E-state index is -0.0874. The molecule has 0 radical (unpaired) electrons. The van der Waals surface area contributed by atoms with Gasteiger partial charge < -0.3 is 20.7 Å². The van der Waals surface area contributed by atoms with Gasteiger partial charge in [0.1, 0.15) is 0 Å². The molecular formula is C15H23BrN4O2. The Labute approximate surface area is 139 Å². The Balaban J connectivity index is 2.31. The van der Waals surface area contributed by atoms with Gasteiger partial charge in [-0.3, -0.25) is 9.79 Å². The highest BCUT2D eigenvalue weighted by atomic mass is 79.9. The molecule has 0 aromatic heterocycles. The van der Waals surface area contributed by atoms with Gasteiger partial charge in [-0.2, -0.15) is 0 Å². The lowest BCUT2D eigenvalue weighted by molar-refractivity contribution is 0.0954. The summed E-state index contributed by atoms with van der Waals surface area (Å²) < 4.78 is 5.91. The molecule has 0 bridgehead atoms. The van der Waals surface area contributed by atoms with Crippen LogP contribution in [0.2, 0.25) is 0 Å². The van der Waals surface area contributed by atoms with Crippen molar-refractivity contribution in [2.45, 2.75) is 6.92 Å². The van der Waals surface area contributed by atoms with Gasteiger partial charge in [0.2, 0.25) is 0 Å². The molecule has 1 aromatic carbocycles. The molecule has 0 aliphatic rings. The molecule has 3 N–H and O–H groups in total. The van der Waals surface area contributed by atoms with Crippen LogP contribution in [0.25, 0.3) is 0 Å². The number of ether oxygens (including phenoxy) is 1. The summed E-state index contributed by atoms with van der Waals surface area (Å²) >= 11 is 3.34. The number of rotatable bonds is 8. The maximum absolute atomic E-state index is 11.9. The number of amides is 1. The number of nitrogens with zero attached hydrogens (tertiary/aromatic N) is 1. The molecule has 0 fully saturated rings. The zero-order valence-electron chi connectivity index (χ0n) is 13.0. The predicted molar refractivity (Wildman–Crippen MR) is 92.3 cm³/mol. The van der Waals surface area contributed by atoms with Crippen molar-refractivity contribution in [2.75, 3.05) is 39.9 Å². The Hall–Kier alpha value is -1.60. The summed E-state index contributed by atoms with van der Waals surface area (Å²) in [6, 6.07) is 7.25. The molecular weight excluding hydrogens is 348 g/mol. The fourth-order valence-corrected chi connectivity index (χ4v) is 1.92. The summed E-state index contributed by atoms with van der Waals surface area (Å²) in [6.45, 7) is 5.07. The smallest absolute Gasteiger partial charge is 0.251 e. The van der Waals surface area contributed by atoms with Gasteiger partial charge in [0.15, 0.2) is 5.96 Å². The topological polar surface area (TPSA) is 74.8 Å².